The first-order chi connectivity index (χ1) is 14.6. The first kappa shape index (κ1) is 18.8. The molecule has 7 nitrogen and oxygen atoms in total. The van der Waals surface area contributed by atoms with Crippen molar-refractivity contribution in [2.45, 2.75) is 45.2 Å². The van der Waals surface area contributed by atoms with Crippen molar-refractivity contribution in [3.8, 4) is 17.3 Å². The van der Waals surface area contributed by atoms with E-state index < -0.39 is 0 Å². The Morgan fingerprint density at radius 3 is 2.83 bits per heavy atom. The van der Waals surface area contributed by atoms with E-state index in [1.807, 2.05) is 49.1 Å². The average Bonchev–Trinajstić information content (AvgIpc) is 3.47. The summed E-state index contributed by atoms with van der Waals surface area (Å²) in [6.07, 6.45) is 6.28. The highest BCUT2D eigenvalue weighted by atomic mass is 16.5. The van der Waals surface area contributed by atoms with Crippen LogP contribution in [0.25, 0.3) is 11.5 Å². The lowest BCUT2D eigenvalue weighted by atomic mass is 9.90. The number of aromatic nitrogens is 3. The van der Waals surface area contributed by atoms with Crippen molar-refractivity contribution >= 4 is 5.91 Å². The van der Waals surface area contributed by atoms with Gasteiger partial charge in [0.05, 0.1) is 17.9 Å². The van der Waals surface area contributed by atoms with E-state index in [0.29, 0.717) is 35.6 Å². The van der Waals surface area contributed by atoms with Gasteiger partial charge in [0.1, 0.15) is 12.0 Å². The third kappa shape index (κ3) is 3.34. The van der Waals surface area contributed by atoms with Gasteiger partial charge in [-0.15, -0.1) is 0 Å². The predicted octanol–water partition coefficient (Wildman–Crippen LogP) is 3.82. The summed E-state index contributed by atoms with van der Waals surface area (Å²) in [6.45, 7) is 4.32. The van der Waals surface area contributed by atoms with E-state index >= 15 is 0 Å². The number of pyridine rings is 2. The minimum atomic E-state index is -0.0441. The fourth-order valence-corrected chi connectivity index (χ4v) is 4.73. The second kappa shape index (κ2) is 7.55. The van der Waals surface area contributed by atoms with Crippen molar-refractivity contribution < 1.29 is 13.9 Å². The molecule has 2 bridgehead atoms. The number of aryl methyl sites for hydroxylation is 2. The van der Waals surface area contributed by atoms with Crippen LogP contribution in [-0.4, -0.2) is 44.4 Å². The lowest BCUT2D eigenvalue weighted by Gasteiger charge is -2.25. The van der Waals surface area contributed by atoms with E-state index in [1.165, 1.54) is 0 Å². The van der Waals surface area contributed by atoms with Crippen molar-refractivity contribution in [1.29, 1.82) is 0 Å². The highest BCUT2D eigenvalue weighted by molar-refractivity contribution is 5.98. The molecular weight excluding hydrogens is 380 g/mol. The molecule has 0 spiro atoms. The van der Waals surface area contributed by atoms with Gasteiger partial charge in [0.15, 0.2) is 0 Å². The number of rotatable bonds is 5. The second-order valence-electron chi connectivity index (χ2n) is 8.13. The number of amides is 1. The van der Waals surface area contributed by atoms with E-state index in [1.54, 1.807) is 12.5 Å². The summed E-state index contributed by atoms with van der Waals surface area (Å²) in [7, 11) is 0. The minimum absolute atomic E-state index is 0.0441. The molecule has 0 aromatic carbocycles. The molecule has 2 aliphatic heterocycles. The lowest BCUT2D eigenvalue weighted by molar-refractivity contribution is 0.0704. The van der Waals surface area contributed by atoms with Gasteiger partial charge in [-0.25, -0.2) is 15.0 Å². The summed E-state index contributed by atoms with van der Waals surface area (Å²) in [6, 6.07) is 9.78. The molecule has 3 atom stereocenters. The molecule has 7 heteroatoms. The van der Waals surface area contributed by atoms with Gasteiger partial charge < -0.3 is 14.1 Å². The van der Waals surface area contributed by atoms with Crippen LogP contribution in [0.1, 0.15) is 41.1 Å². The number of fused-ring (bicyclic) bond motifs is 2. The highest BCUT2D eigenvalue weighted by Crippen LogP contribution is 2.43. The Morgan fingerprint density at radius 1 is 1.17 bits per heavy atom. The SMILES string of the molecule is Cc1coc(-c2ccc(C)nc2C(=O)N2[C@@H]3CC[C@H]2[C@H](COc2ccccn2)C3)n1. The zero-order chi connectivity index (χ0) is 20.7. The second-order valence-corrected chi connectivity index (χ2v) is 8.13. The summed E-state index contributed by atoms with van der Waals surface area (Å²) in [5, 5.41) is 0. The molecule has 1 amide bonds. The van der Waals surface area contributed by atoms with Crippen LogP contribution in [0.3, 0.4) is 0 Å². The van der Waals surface area contributed by atoms with Crippen LogP contribution in [0.2, 0.25) is 0 Å². The van der Waals surface area contributed by atoms with Crippen molar-refractivity contribution in [2.75, 3.05) is 6.61 Å². The number of oxazole rings is 1. The Morgan fingerprint density at radius 2 is 2.07 bits per heavy atom. The molecule has 5 rings (SSSR count). The molecule has 0 aliphatic carbocycles. The molecule has 0 radical (unpaired) electrons. The molecule has 154 valence electrons. The van der Waals surface area contributed by atoms with Crippen molar-refractivity contribution in [3.05, 3.63) is 59.9 Å². The Bertz CT molecular complexity index is 1070. The van der Waals surface area contributed by atoms with Crippen molar-refractivity contribution in [3.63, 3.8) is 0 Å². The van der Waals surface area contributed by atoms with Crippen LogP contribution < -0.4 is 4.74 Å². The smallest absolute Gasteiger partial charge is 0.273 e. The highest BCUT2D eigenvalue weighted by Gasteiger charge is 2.49. The van der Waals surface area contributed by atoms with E-state index in [-0.39, 0.29) is 18.0 Å². The molecule has 2 aliphatic rings. The quantitative estimate of drug-likeness (QED) is 0.643. The van der Waals surface area contributed by atoms with Crippen LogP contribution in [-0.2, 0) is 0 Å². The molecule has 5 heterocycles. The van der Waals surface area contributed by atoms with E-state index in [4.69, 9.17) is 9.15 Å². The Kier molecular flexibility index (Phi) is 4.73. The Labute approximate surface area is 175 Å². The molecule has 0 saturated carbocycles. The molecule has 2 fully saturated rings. The summed E-state index contributed by atoms with van der Waals surface area (Å²) in [4.78, 5) is 28.9. The van der Waals surface area contributed by atoms with Gasteiger partial charge in [-0.2, -0.15) is 0 Å². The number of carbonyl (C=O) groups is 1. The Balaban J connectivity index is 1.39. The molecule has 0 N–H and O–H groups in total. The van der Waals surface area contributed by atoms with Gasteiger partial charge >= 0.3 is 0 Å². The number of carbonyl (C=O) groups excluding carboxylic acids is 1. The fraction of sp³-hybridized carbons (Fsp3) is 0.391. The van der Waals surface area contributed by atoms with Crippen LogP contribution in [0.4, 0.5) is 0 Å². The number of hydrogen-bond acceptors (Lipinski definition) is 6. The molecule has 3 aromatic rings. The summed E-state index contributed by atoms with van der Waals surface area (Å²) in [5.74, 6) is 1.31. The molecule has 3 aromatic heterocycles. The van der Waals surface area contributed by atoms with Crippen LogP contribution in [0, 0.1) is 19.8 Å². The minimum Gasteiger partial charge on any atom is -0.477 e. The molecule has 30 heavy (non-hydrogen) atoms. The summed E-state index contributed by atoms with van der Waals surface area (Å²) >= 11 is 0. The average molecular weight is 404 g/mol. The van der Waals surface area contributed by atoms with Crippen molar-refractivity contribution in [2.24, 2.45) is 5.92 Å². The molecular formula is C23H24N4O3. The summed E-state index contributed by atoms with van der Waals surface area (Å²) in [5.41, 5.74) is 2.63. The maximum absolute atomic E-state index is 13.6. The standard InChI is InChI=1S/C23H24N4O3/c1-14-6-8-18(22-26-15(2)12-30-22)21(25-14)23(28)27-17-7-9-19(27)16(11-17)13-29-20-5-3-4-10-24-20/h3-6,8,10,12,16-17,19H,7,9,11,13H2,1-2H3/t16-,17+,19-/m0/s1. The maximum Gasteiger partial charge on any atom is 0.273 e. The number of nitrogens with zero attached hydrogens (tertiary/aromatic N) is 4. The van der Waals surface area contributed by atoms with Gasteiger partial charge in [0.25, 0.3) is 5.91 Å². The van der Waals surface area contributed by atoms with Crippen LogP contribution >= 0.6 is 0 Å². The molecule has 2 saturated heterocycles. The van der Waals surface area contributed by atoms with Crippen LogP contribution in [0.15, 0.2) is 47.2 Å². The fourth-order valence-electron chi connectivity index (χ4n) is 4.73. The van der Waals surface area contributed by atoms with Gasteiger partial charge in [-0.05, 0) is 51.3 Å². The summed E-state index contributed by atoms with van der Waals surface area (Å²) < 4.78 is 11.5. The zero-order valence-corrected chi connectivity index (χ0v) is 17.1. The normalized spacial score (nSPS) is 22.5. The first-order valence-electron chi connectivity index (χ1n) is 10.4. The third-order valence-corrected chi connectivity index (χ3v) is 6.07. The number of ether oxygens (including phenoxy) is 1. The lowest BCUT2D eigenvalue weighted by Crippen LogP contribution is -2.38. The Hall–Kier alpha value is -3.22. The maximum atomic E-state index is 13.6. The zero-order valence-electron chi connectivity index (χ0n) is 17.1. The topological polar surface area (TPSA) is 81.4 Å². The van der Waals surface area contributed by atoms with E-state index in [2.05, 4.69) is 15.0 Å². The molecule has 0 unspecified atom stereocenters. The van der Waals surface area contributed by atoms with E-state index in [9.17, 15) is 4.79 Å². The van der Waals surface area contributed by atoms with Gasteiger partial charge in [0.2, 0.25) is 11.8 Å². The van der Waals surface area contributed by atoms with Gasteiger partial charge in [-0.1, -0.05) is 6.07 Å². The first-order valence-corrected chi connectivity index (χ1v) is 10.4. The monoisotopic (exact) mass is 404 g/mol. The number of hydrogen-bond donors (Lipinski definition) is 0. The third-order valence-electron chi connectivity index (χ3n) is 6.07. The van der Waals surface area contributed by atoms with Gasteiger partial charge in [-0.3, -0.25) is 4.79 Å². The van der Waals surface area contributed by atoms with Gasteiger partial charge in [0, 0.05) is 36.0 Å². The van der Waals surface area contributed by atoms with Crippen molar-refractivity contribution in [1.82, 2.24) is 19.9 Å². The van der Waals surface area contributed by atoms with E-state index in [0.717, 1.165) is 30.7 Å². The van der Waals surface area contributed by atoms with Crippen LogP contribution in [0.5, 0.6) is 5.88 Å². The predicted molar refractivity (Wildman–Crippen MR) is 110 cm³/mol. The largest absolute Gasteiger partial charge is 0.477 e.